The third-order valence-corrected chi connectivity index (χ3v) is 5.14. The van der Waals surface area contributed by atoms with Gasteiger partial charge < -0.3 is 10.1 Å². The van der Waals surface area contributed by atoms with E-state index in [9.17, 15) is 9.59 Å². The zero-order valence-electron chi connectivity index (χ0n) is 13.9. The lowest BCUT2D eigenvalue weighted by molar-refractivity contribution is -0.123. The van der Waals surface area contributed by atoms with Crippen molar-refractivity contribution in [3.05, 3.63) is 52.4 Å². The smallest absolute Gasteiger partial charge is 0.266 e. The summed E-state index contributed by atoms with van der Waals surface area (Å²) < 4.78 is 6.31. The van der Waals surface area contributed by atoms with E-state index >= 15 is 0 Å². The number of nitrogens with one attached hydrogen (secondary N) is 1. The van der Waals surface area contributed by atoms with Crippen LogP contribution in [0.4, 0.5) is 10.9 Å². The van der Waals surface area contributed by atoms with Crippen molar-refractivity contribution in [3.8, 4) is 17.0 Å². The standard InChI is InChI=1S/C18H13BrN4O3S/c19-12-5-3-11(4-6-12)13-10-27-18(21-13)22-15(24)8-23-16(25)9-26-14-2-1-7-20-17(14)23/h1-7,10H,8-9H2,(H,21,22,24). The maximum absolute atomic E-state index is 12.4. The van der Waals surface area contributed by atoms with Crippen LogP contribution in [-0.2, 0) is 9.59 Å². The van der Waals surface area contributed by atoms with Crippen molar-refractivity contribution < 1.29 is 14.3 Å². The molecular weight excluding hydrogens is 432 g/mol. The minimum absolute atomic E-state index is 0.114. The topological polar surface area (TPSA) is 84.4 Å². The number of carbonyl (C=O) groups is 2. The quantitative estimate of drug-likeness (QED) is 0.666. The van der Waals surface area contributed by atoms with Crippen LogP contribution in [-0.4, -0.2) is 34.9 Å². The molecule has 1 aromatic carbocycles. The molecule has 1 aliphatic rings. The molecule has 0 aliphatic carbocycles. The minimum atomic E-state index is -0.349. The molecule has 3 heterocycles. The molecular formula is C18H13BrN4O3S. The number of benzene rings is 1. The SMILES string of the molecule is O=C(CN1C(=O)COc2cccnc21)Nc1nc(-c2ccc(Br)cc2)cs1. The second kappa shape index (κ2) is 7.45. The van der Waals surface area contributed by atoms with Crippen LogP contribution in [0.15, 0.2) is 52.4 Å². The van der Waals surface area contributed by atoms with Crippen LogP contribution in [0.5, 0.6) is 5.75 Å². The maximum Gasteiger partial charge on any atom is 0.266 e. The Morgan fingerprint density at radius 3 is 2.93 bits per heavy atom. The zero-order chi connectivity index (χ0) is 18.8. The van der Waals surface area contributed by atoms with Crippen molar-refractivity contribution in [1.29, 1.82) is 0 Å². The number of thiazole rings is 1. The first-order valence-corrected chi connectivity index (χ1v) is 9.67. The number of ether oxygens (including phenoxy) is 1. The van der Waals surface area contributed by atoms with Gasteiger partial charge in [0.2, 0.25) is 5.91 Å². The number of aromatic nitrogens is 2. The van der Waals surface area contributed by atoms with E-state index in [4.69, 9.17) is 4.74 Å². The number of pyridine rings is 1. The van der Waals surface area contributed by atoms with Gasteiger partial charge in [0.1, 0.15) is 6.54 Å². The first-order chi connectivity index (χ1) is 13.1. The van der Waals surface area contributed by atoms with Crippen molar-refractivity contribution >= 4 is 50.0 Å². The molecule has 0 fully saturated rings. The van der Waals surface area contributed by atoms with Gasteiger partial charge in [-0.05, 0) is 24.3 Å². The number of hydrogen-bond acceptors (Lipinski definition) is 6. The highest BCUT2D eigenvalue weighted by molar-refractivity contribution is 9.10. The van der Waals surface area contributed by atoms with Crippen LogP contribution >= 0.6 is 27.3 Å². The number of halogens is 1. The van der Waals surface area contributed by atoms with Crippen molar-refractivity contribution in [2.75, 3.05) is 23.4 Å². The molecule has 3 aromatic rings. The Morgan fingerprint density at radius 2 is 2.11 bits per heavy atom. The molecule has 0 atom stereocenters. The fraction of sp³-hybridized carbons (Fsp3) is 0.111. The van der Waals surface area contributed by atoms with Gasteiger partial charge in [-0.1, -0.05) is 28.1 Å². The Balaban J connectivity index is 1.46. The Hall–Kier alpha value is -2.78. The molecule has 0 radical (unpaired) electrons. The van der Waals surface area contributed by atoms with Crippen LogP contribution in [0.3, 0.4) is 0 Å². The molecule has 0 saturated carbocycles. The number of amides is 2. The number of rotatable bonds is 4. The zero-order valence-corrected chi connectivity index (χ0v) is 16.3. The maximum atomic E-state index is 12.4. The Bertz CT molecular complexity index is 1010. The summed E-state index contributed by atoms with van der Waals surface area (Å²) in [6.45, 7) is -0.268. The molecule has 2 amide bonds. The molecule has 7 nitrogen and oxygen atoms in total. The van der Waals surface area contributed by atoms with Crippen molar-refractivity contribution in [1.82, 2.24) is 9.97 Å². The summed E-state index contributed by atoms with van der Waals surface area (Å²) in [6, 6.07) is 11.2. The highest BCUT2D eigenvalue weighted by Crippen LogP contribution is 2.29. The van der Waals surface area contributed by atoms with Gasteiger partial charge in [0.05, 0.1) is 5.69 Å². The van der Waals surface area contributed by atoms with Gasteiger partial charge in [-0.15, -0.1) is 11.3 Å². The van der Waals surface area contributed by atoms with Gasteiger partial charge in [0.15, 0.2) is 23.3 Å². The van der Waals surface area contributed by atoms with E-state index in [2.05, 4.69) is 31.2 Å². The first-order valence-electron chi connectivity index (χ1n) is 7.99. The molecule has 4 rings (SSSR count). The Kier molecular flexibility index (Phi) is 4.87. The summed E-state index contributed by atoms with van der Waals surface area (Å²) in [7, 11) is 0. The van der Waals surface area contributed by atoms with E-state index in [0.29, 0.717) is 16.7 Å². The summed E-state index contributed by atoms with van der Waals surface area (Å²) >= 11 is 4.73. The second-order valence-corrected chi connectivity index (χ2v) is 7.46. The third kappa shape index (κ3) is 3.83. The van der Waals surface area contributed by atoms with Gasteiger partial charge in [0, 0.05) is 21.6 Å². The lowest BCUT2D eigenvalue weighted by atomic mass is 10.2. The summed E-state index contributed by atoms with van der Waals surface area (Å²) in [6.07, 6.45) is 1.55. The van der Waals surface area contributed by atoms with Crippen molar-refractivity contribution in [2.24, 2.45) is 0 Å². The lowest BCUT2D eigenvalue weighted by Gasteiger charge is -2.27. The molecule has 0 unspecified atom stereocenters. The number of fused-ring (bicyclic) bond motifs is 1. The molecule has 136 valence electrons. The van der Waals surface area contributed by atoms with E-state index in [0.717, 1.165) is 15.7 Å². The molecule has 2 aromatic heterocycles. The Morgan fingerprint density at radius 1 is 1.30 bits per heavy atom. The number of nitrogens with zero attached hydrogens (tertiary/aromatic N) is 3. The van der Waals surface area contributed by atoms with E-state index in [1.165, 1.54) is 16.2 Å². The number of carbonyl (C=O) groups excluding carboxylic acids is 2. The lowest BCUT2D eigenvalue weighted by Crippen LogP contribution is -2.43. The van der Waals surface area contributed by atoms with Crippen LogP contribution in [0, 0.1) is 0 Å². The predicted molar refractivity (Wildman–Crippen MR) is 106 cm³/mol. The number of hydrogen-bond donors (Lipinski definition) is 1. The highest BCUT2D eigenvalue weighted by Gasteiger charge is 2.28. The summed E-state index contributed by atoms with van der Waals surface area (Å²) in [5.41, 5.74) is 1.73. The summed E-state index contributed by atoms with van der Waals surface area (Å²) in [5.74, 6) is 0.167. The highest BCUT2D eigenvalue weighted by atomic mass is 79.9. The van der Waals surface area contributed by atoms with Gasteiger partial charge in [-0.25, -0.2) is 9.97 Å². The van der Waals surface area contributed by atoms with E-state index in [1.54, 1.807) is 18.3 Å². The van der Waals surface area contributed by atoms with Crippen molar-refractivity contribution in [3.63, 3.8) is 0 Å². The average molecular weight is 445 g/mol. The monoisotopic (exact) mass is 444 g/mol. The van der Waals surface area contributed by atoms with E-state index in [1.807, 2.05) is 29.6 Å². The fourth-order valence-electron chi connectivity index (χ4n) is 2.58. The van der Waals surface area contributed by atoms with Gasteiger partial charge in [-0.3, -0.25) is 14.5 Å². The van der Waals surface area contributed by atoms with Gasteiger partial charge in [-0.2, -0.15) is 0 Å². The molecule has 0 spiro atoms. The van der Waals surface area contributed by atoms with E-state index < -0.39 is 0 Å². The van der Waals surface area contributed by atoms with Gasteiger partial charge in [0.25, 0.3) is 5.91 Å². The molecule has 27 heavy (non-hydrogen) atoms. The van der Waals surface area contributed by atoms with Crippen LogP contribution < -0.4 is 15.0 Å². The molecule has 1 aliphatic heterocycles. The minimum Gasteiger partial charge on any atom is -0.480 e. The third-order valence-electron chi connectivity index (χ3n) is 3.85. The van der Waals surface area contributed by atoms with Gasteiger partial charge >= 0.3 is 0 Å². The van der Waals surface area contributed by atoms with Crippen LogP contribution in [0.25, 0.3) is 11.3 Å². The average Bonchev–Trinajstić information content (AvgIpc) is 3.13. The molecule has 0 saturated heterocycles. The molecule has 0 bridgehead atoms. The second-order valence-electron chi connectivity index (χ2n) is 5.69. The summed E-state index contributed by atoms with van der Waals surface area (Å²) in [4.78, 5) is 34.4. The molecule has 1 N–H and O–H groups in total. The van der Waals surface area contributed by atoms with E-state index in [-0.39, 0.29) is 25.0 Å². The largest absolute Gasteiger partial charge is 0.480 e. The fourth-order valence-corrected chi connectivity index (χ4v) is 3.58. The molecule has 9 heteroatoms. The van der Waals surface area contributed by atoms with Crippen LogP contribution in [0.2, 0.25) is 0 Å². The predicted octanol–water partition coefficient (Wildman–Crippen LogP) is 3.33. The normalized spacial score (nSPS) is 13.1. The van der Waals surface area contributed by atoms with Crippen LogP contribution in [0.1, 0.15) is 0 Å². The van der Waals surface area contributed by atoms with Crippen molar-refractivity contribution in [2.45, 2.75) is 0 Å². The summed E-state index contributed by atoms with van der Waals surface area (Å²) in [5, 5.41) is 5.08. The first kappa shape index (κ1) is 17.6. The number of anilines is 2. The Labute approximate surface area is 167 Å².